The smallest absolute Gasteiger partial charge is 0.306 e. The molecule has 0 unspecified atom stereocenters. The first-order valence-electron chi connectivity index (χ1n) is 11.2. The summed E-state index contributed by atoms with van der Waals surface area (Å²) in [5.74, 6) is 1.15. The highest BCUT2D eigenvalue weighted by Crippen LogP contribution is 2.39. The van der Waals surface area contributed by atoms with Gasteiger partial charge in [0.1, 0.15) is 22.6 Å². The lowest BCUT2D eigenvalue weighted by atomic mass is 9.99. The van der Waals surface area contributed by atoms with Crippen molar-refractivity contribution in [3.63, 3.8) is 0 Å². The van der Waals surface area contributed by atoms with Crippen molar-refractivity contribution in [2.45, 2.75) is 33.2 Å². The van der Waals surface area contributed by atoms with Crippen molar-refractivity contribution in [2.24, 2.45) is 4.99 Å². The number of ether oxygens (including phenoxy) is 1. The van der Waals surface area contributed by atoms with Crippen LogP contribution >= 0.6 is 11.3 Å². The van der Waals surface area contributed by atoms with Crippen LogP contribution in [-0.4, -0.2) is 38.7 Å². The fraction of sp³-hybridized carbons (Fsp3) is 0.231. The van der Waals surface area contributed by atoms with Gasteiger partial charge in [-0.05, 0) is 62.7 Å². The van der Waals surface area contributed by atoms with Gasteiger partial charge >= 0.3 is 5.97 Å². The van der Waals surface area contributed by atoms with Crippen molar-refractivity contribution in [1.82, 2.24) is 14.8 Å². The first-order chi connectivity index (χ1) is 16.9. The normalized spacial score (nSPS) is 14.5. The fourth-order valence-corrected chi connectivity index (χ4v) is 5.46. The van der Waals surface area contributed by atoms with Gasteiger partial charge in [0.25, 0.3) is 0 Å². The first kappa shape index (κ1) is 22.8. The molecule has 8 nitrogen and oxygen atoms in total. The number of nitrogens with zero attached hydrogens (tertiary/aromatic N) is 4. The molecule has 2 aromatic carbocycles. The van der Waals surface area contributed by atoms with Crippen LogP contribution in [0.3, 0.4) is 0 Å². The lowest BCUT2D eigenvalue weighted by Gasteiger charge is -2.12. The molecule has 0 amide bonds. The second kappa shape index (κ2) is 8.99. The van der Waals surface area contributed by atoms with Crippen molar-refractivity contribution in [2.75, 3.05) is 12.4 Å². The minimum Gasteiger partial charge on any atom is -0.497 e. The predicted molar refractivity (Wildman–Crippen MR) is 137 cm³/mol. The Hall–Kier alpha value is -3.98. The van der Waals surface area contributed by atoms with E-state index in [1.807, 2.05) is 60.0 Å². The Kier molecular flexibility index (Phi) is 5.86. The number of aromatic nitrogens is 3. The molecule has 4 aromatic rings. The Morgan fingerprint density at radius 2 is 1.71 bits per heavy atom. The van der Waals surface area contributed by atoms with Crippen molar-refractivity contribution < 1.29 is 14.6 Å². The number of thiophene rings is 1. The third kappa shape index (κ3) is 4.19. The zero-order valence-electron chi connectivity index (χ0n) is 19.9. The minimum absolute atomic E-state index is 0.161. The van der Waals surface area contributed by atoms with Crippen molar-refractivity contribution >= 4 is 34.4 Å². The summed E-state index contributed by atoms with van der Waals surface area (Å²) >= 11 is 1.65. The fourth-order valence-electron chi connectivity index (χ4n) is 4.24. The highest BCUT2D eigenvalue weighted by Gasteiger charge is 2.32. The molecule has 2 N–H and O–H groups in total. The van der Waals surface area contributed by atoms with E-state index in [9.17, 15) is 9.90 Å². The van der Waals surface area contributed by atoms with Gasteiger partial charge in [0.15, 0.2) is 5.82 Å². The van der Waals surface area contributed by atoms with Crippen molar-refractivity contribution in [3.8, 4) is 10.8 Å². The molecular weight excluding hydrogens is 462 g/mol. The number of hydrogen-bond acceptors (Lipinski definition) is 7. The van der Waals surface area contributed by atoms with E-state index in [4.69, 9.17) is 9.73 Å². The number of carboxylic acids is 1. The Morgan fingerprint density at radius 3 is 2.34 bits per heavy atom. The monoisotopic (exact) mass is 487 g/mol. The van der Waals surface area contributed by atoms with E-state index in [1.54, 1.807) is 18.4 Å². The van der Waals surface area contributed by atoms with Gasteiger partial charge < -0.3 is 15.2 Å². The summed E-state index contributed by atoms with van der Waals surface area (Å²) < 4.78 is 7.19. The van der Waals surface area contributed by atoms with Crippen LogP contribution in [0.4, 0.5) is 11.4 Å². The van der Waals surface area contributed by atoms with Crippen LogP contribution < -0.4 is 10.1 Å². The number of carboxylic acid groups (broad SMARTS) is 1. The maximum absolute atomic E-state index is 11.7. The van der Waals surface area contributed by atoms with E-state index in [1.165, 1.54) is 4.88 Å². The van der Waals surface area contributed by atoms with Gasteiger partial charge in [0.05, 0.1) is 19.2 Å². The Morgan fingerprint density at radius 1 is 1.06 bits per heavy atom. The third-order valence-electron chi connectivity index (χ3n) is 6.14. The highest BCUT2D eigenvalue weighted by molar-refractivity contribution is 7.15. The van der Waals surface area contributed by atoms with Crippen LogP contribution in [-0.2, 0) is 4.79 Å². The van der Waals surface area contributed by atoms with Gasteiger partial charge in [-0.1, -0.05) is 12.1 Å². The quantitative estimate of drug-likeness (QED) is 0.379. The number of aryl methyl sites for hydroxylation is 2. The highest BCUT2D eigenvalue weighted by atomic mass is 32.1. The van der Waals surface area contributed by atoms with Crippen molar-refractivity contribution in [1.29, 1.82) is 0 Å². The molecule has 0 saturated carbocycles. The summed E-state index contributed by atoms with van der Waals surface area (Å²) in [5.41, 5.74) is 5.70. The second-order valence-corrected chi connectivity index (χ2v) is 9.63. The summed E-state index contributed by atoms with van der Waals surface area (Å²) in [4.78, 5) is 17.8. The van der Waals surface area contributed by atoms with E-state index in [-0.39, 0.29) is 6.42 Å². The third-order valence-corrected chi connectivity index (χ3v) is 7.34. The molecule has 178 valence electrons. The molecule has 1 aliphatic heterocycles. The van der Waals surface area contributed by atoms with Gasteiger partial charge in [0, 0.05) is 27.4 Å². The molecule has 0 fully saturated rings. The molecule has 9 heteroatoms. The second-order valence-electron chi connectivity index (χ2n) is 8.43. The summed E-state index contributed by atoms with van der Waals surface area (Å²) in [5, 5.41) is 22.5. The van der Waals surface area contributed by atoms with Crippen LogP contribution in [0.15, 0.2) is 53.5 Å². The molecule has 1 aliphatic rings. The number of fused-ring (bicyclic) bond motifs is 3. The Labute approximate surface area is 206 Å². The van der Waals surface area contributed by atoms with Crippen LogP contribution in [0.25, 0.3) is 5.00 Å². The number of anilines is 2. The van der Waals surface area contributed by atoms with Crippen LogP contribution in [0.2, 0.25) is 0 Å². The van der Waals surface area contributed by atoms with E-state index in [0.29, 0.717) is 11.6 Å². The average Bonchev–Trinajstić information content (AvgIpc) is 3.32. The largest absolute Gasteiger partial charge is 0.497 e. The first-order valence-corrected chi connectivity index (χ1v) is 12.0. The zero-order valence-corrected chi connectivity index (χ0v) is 20.7. The maximum atomic E-state index is 11.7. The lowest BCUT2D eigenvalue weighted by molar-refractivity contribution is -0.137. The van der Waals surface area contributed by atoms with E-state index in [2.05, 4.69) is 29.4 Å². The van der Waals surface area contributed by atoms with Crippen LogP contribution in [0.1, 0.15) is 45.7 Å². The number of aliphatic imine (C=N–C) groups is 1. The number of aliphatic carboxylic acids is 1. The summed E-state index contributed by atoms with van der Waals surface area (Å²) in [6, 6.07) is 15.1. The van der Waals surface area contributed by atoms with E-state index >= 15 is 0 Å². The van der Waals surface area contributed by atoms with Crippen molar-refractivity contribution in [3.05, 3.63) is 81.7 Å². The van der Waals surface area contributed by atoms with E-state index in [0.717, 1.165) is 44.5 Å². The van der Waals surface area contributed by atoms with Gasteiger partial charge in [-0.2, -0.15) is 0 Å². The molecule has 5 rings (SSSR count). The summed E-state index contributed by atoms with van der Waals surface area (Å²) in [6.45, 7) is 6.05. The molecule has 0 spiro atoms. The van der Waals surface area contributed by atoms with Gasteiger partial charge in [-0.15, -0.1) is 21.5 Å². The molecule has 0 radical (unpaired) electrons. The maximum Gasteiger partial charge on any atom is 0.306 e. The molecule has 0 bridgehead atoms. The lowest BCUT2D eigenvalue weighted by Crippen LogP contribution is -2.10. The number of rotatable bonds is 6. The number of hydrogen-bond donors (Lipinski definition) is 2. The predicted octanol–water partition coefficient (Wildman–Crippen LogP) is 5.37. The van der Waals surface area contributed by atoms with Gasteiger partial charge in [-0.3, -0.25) is 14.4 Å². The average molecular weight is 488 g/mol. The Balaban J connectivity index is 1.57. The molecule has 0 aliphatic carbocycles. The number of carbonyl (C=O) groups is 1. The molecule has 35 heavy (non-hydrogen) atoms. The number of methoxy groups -OCH3 is 1. The minimum atomic E-state index is -0.928. The topological polar surface area (TPSA) is 102 Å². The molecule has 2 aromatic heterocycles. The number of nitrogens with one attached hydrogen (secondary N) is 1. The SMILES string of the molecule is COc1ccc(Nc2ccc(C3=N[C@@H](CC(=O)O)c4nnc(C)n4-c4sc(C)c(C)c43)cc2)cc1. The van der Waals surface area contributed by atoms with Crippen LogP contribution in [0, 0.1) is 20.8 Å². The Bertz CT molecular complexity index is 1440. The molecule has 0 saturated heterocycles. The van der Waals surface area contributed by atoms with Gasteiger partial charge in [-0.25, -0.2) is 0 Å². The summed E-state index contributed by atoms with van der Waals surface area (Å²) in [6.07, 6.45) is -0.161. The van der Waals surface area contributed by atoms with Crippen LogP contribution in [0.5, 0.6) is 5.75 Å². The summed E-state index contributed by atoms with van der Waals surface area (Å²) in [7, 11) is 1.64. The standard InChI is InChI=1S/C26H25N5O3S/c1-14-15(2)35-26-23(14)24(28-21(13-22(32)33)25-30-29-16(3)31(25)26)17-5-7-18(8-6-17)27-19-9-11-20(34-4)12-10-19/h5-12,21,27H,13H2,1-4H3,(H,32,33)/t21-/m0/s1. The van der Waals surface area contributed by atoms with E-state index < -0.39 is 12.0 Å². The number of benzene rings is 2. The molecule has 1 atom stereocenters. The zero-order chi connectivity index (χ0) is 24.7. The molecule has 3 heterocycles. The molecular formula is C26H25N5O3S. The van der Waals surface area contributed by atoms with Gasteiger partial charge in [0.2, 0.25) is 0 Å².